The van der Waals surface area contributed by atoms with Gasteiger partial charge < -0.3 is 21.1 Å². The molecule has 0 aliphatic carbocycles. The van der Waals surface area contributed by atoms with Crippen LogP contribution in [0.4, 0.5) is 0 Å². The Labute approximate surface area is 206 Å². The zero-order chi connectivity index (χ0) is 23.9. The van der Waals surface area contributed by atoms with Crippen LogP contribution in [0.5, 0.6) is 0 Å². The zero-order valence-electron chi connectivity index (χ0n) is 22.6. The van der Waals surface area contributed by atoms with Crippen molar-refractivity contribution in [2.24, 2.45) is 0 Å². The van der Waals surface area contributed by atoms with Crippen LogP contribution < -0.4 is 6.15 Å². The summed E-state index contributed by atoms with van der Waals surface area (Å²) < 4.78 is 5.53. The highest BCUT2D eigenvalue weighted by Gasteiger charge is 2.39. The van der Waals surface area contributed by atoms with Crippen LogP contribution in [0.3, 0.4) is 0 Å². The molecule has 0 aromatic heterocycles. The Morgan fingerprint density at radius 3 is 1.12 bits per heavy atom. The summed E-state index contributed by atoms with van der Waals surface area (Å²) in [5.74, 6) is -0.419. The lowest BCUT2D eigenvalue weighted by Gasteiger charge is -2.35. The molecule has 0 aromatic carbocycles. The molecule has 5 N–H and O–H groups in total. The van der Waals surface area contributed by atoms with Gasteiger partial charge in [-0.05, 0) is 25.7 Å². The first-order valence-corrected chi connectivity index (χ1v) is 14.0. The van der Waals surface area contributed by atoms with E-state index in [4.69, 9.17) is 4.74 Å². The van der Waals surface area contributed by atoms with E-state index in [1.807, 2.05) is 0 Å². The summed E-state index contributed by atoms with van der Waals surface area (Å²) in [4.78, 5) is 11.7. The molecular weight excluding hydrogens is 414 g/mol. The number of esters is 1. The summed E-state index contributed by atoms with van der Waals surface area (Å²) in [7, 11) is 0. The SMILES string of the molecule is CCCCCCCCCCCCC(CCCCCCCCCCCC)(OC(C)=O)C(O)O.N. The van der Waals surface area contributed by atoms with Gasteiger partial charge in [0.1, 0.15) is 0 Å². The largest absolute Gasteiger partial charge is 0.454 e. The van der Waals surface area contributed by atoms with Gasteiger partial charge in [-0.2, -0.15) is 0 Å². The molecule has 0 atom stereocenters. The molecular formula is C28H59NO4. The topological polar surface area (TPSA) is 102 Å². The zero-order valence-corrected chi connectivity index (χ0v) is 22.6. The van der Waals surface area contributed by atoms with Crippen molar-refractivity contribution in [2.45, 2.75) is 174 Å². The average molecular weight is 474 g/mol. The predicted octanol–water partition coefficient (Wildman–Crippen LogP) is 8.38. The van der Waals surface area contributed by atoms with Gasteiger partial charge in [-0.15, -0.1) is 0 Å². The number of aliphatic hydroxyl groups excluding tert-OH is 1. The molecule has 0 heterocycles. The minimum absolute atomic E-state index is 0. The summed E-state index contributed by atoms with van der Waals surface area (Å²) in [5.41, 5.74) is -1.13. The van der Waals surface area contributed by atoms with Gasteiger partial charge in [0, 0.05) is 6.92 Å². The van der Waals surface area contributed by atoms with Gasteiger partial charge in [-0.3, -0.25) is 4.79 Å². The molecule has 0 aromatic rings. The molecule has 5 heteroatoms. The Balaban J connectivity index is 0. The average Bonchev–Trinajstić information content (AvgIpc) is 2.75. The molecule has 0 radical (unpaired) electrons. The Bertz CT molecular complexity index is 391. The van der Waals surface area contributed by atoms with Crippen molar-refractivity contribution in [1.29, 1.82) is 0 Å². The van der Waals surface area contributed by atoms with Gasteiger partial charge in [0.2, 0.25) is 0 Å². The predicted molar refractivity (Wildman–Crippen MR) is 141 cm³/mol. The summed E-state index contributed by atoms with van der Waals surface area (Å²) in [6, 6.07) is 0. The lowest BCUT2D eigenvalue weighted by molar-refractivity contribution is -0.216. The third kappa shape index (κ3) is 20.4. The molecule has 0 bridgehead atoms. The number of rotatable bonds is 24. The molecule has 0 fully saturated rings. The van der Waals surface area contributed by atoms with Crippen LogP contribution in [0.15, 0.2) is 0 Å². The first-order valence-electron chi connectivity index (χ1n) is 14.0. The normalized spacial score (nSPS) is 11.6. The minimum atomic E-state index is -1.61. The van der Waals surface area contributed by atoms with E-state index < -0.39 is 17.9 Å². The standard InChI is InChI=1S/C28H56O4.H3N/c1-4-6-8-10-12-14-16-18-20-22-24-28(27(30)31,32-26(3)29)25-23-21-19-17-15-13-11-9-7-5-2;/h27,30-31H,4-25H2,1-3H3;1H3. The molecule has 0 aliphatic rings. The van der Waals surface area contributed by atoms with Crippen molar-refractivity contribution in [3.05, 3.63) is 0 Å². The number of ether oxygens (including phenoxy) is 1. The first kappa shape index (κ1) is 34.5. The fraction of sp³-hybridized carbons (Fsp3) is 0.964. The van der Waals surface area contributed by atoms with Gasteiger partial charge in [-0.1, -0.05) is 129 Å². The highest BCUT2D eigenvalue weighted by molar-refractivity contribution is 5.66. The number of carbonyl (C=O) groups excluding carboxylic acids is 1. The van der Waals surface area contributed by atoms with E-state index in [9.17, 15) is 15.0 Å². The van der Waals surface area contributed by atoms with Crippen LogP contribution in [0.25, 0.3) is 0 Å². The lowest BCUT2D eigenvalue weighted by Crippen LogP contribution is -2.46. The van der Waals surface area contributed by atoms with Crippen LogP contribution in [-0.2, 0) is 9.53 Å². The fourth-order valence-electron chi connectivity index (χ4n) is 4.65. The van der Waals surface area contributed by atoms with Gasteiger partial charge in [0.15, 0.2) is 11.9 Å². The van der Waals surface area contributed by atoms with Gasteiger partial charge in [-0.25, -0.2) is 0 Å². The Kier molecular flexibility index (Phi) is 25.6. The Morgan fingerprint density at radius 2 is 0.879 bits per heavy atom. The lowest BCUT2D eigenvalue weighted by atomic mass is 9.88. The molecule has 5 nitrogen and oxygen atoms in total. The Hall–Kier alpha value is -0.650. The molecule has 0 saturated carbocycles. The monoisotopic (exact) mass is 473 g/mol. The molecule has 0 aliphatic heterocycles. The maximum absolute atomic E-state index is 11.7. The second kappa shape index (κ2) is 24.5. The van der Waals surface area contributed by atoms with E-state index in [2.05, 4.69) is 13.8 Å². The number of unbranched alkanes of at least 4 members (excludes halogenated alkanes) is 18. The second-order valence-corrected chi connectivity index (χ2v) is 9.90. The van der Waals surface area contributed by atoms with Crippen LogP contribution in [0.1, 0.15) is 162 Å². The highest BCUT2D eigenvalue weighted by atomic mass is 16.6. The van der Waals surface area contributed by atoms with E-state index in [1.54, 1.807) is 0 Å². The molecule has 0 unspecified atom stereocenters. The third-order valence-electron chi connectivity index (χ3n) is 6.72. The number of aliphatic hydroxyl groups is 2. The fourth-order valence-corrected chi connectivity index (χ4v) is 4.65. The molecule has 33 heavy (non-hydrogen) atoms. The van der Waals surface area contributed by atoms with Gasteiger partial charge in [0.05, 0.1) is 0 Å². The maximum Gasteiger partial charge on any atom is 0.303 e. The summed E-state index contributed by atoms with van der Waals surface area (Å²) in [5, 5.41) is 20.2. The summed E-state index contributed by atoms with van der Waals surface area (Å²) >= 11 is 0. The van der Waals surface area contributed by atoms with E-state index >= 15 is 0 Å². The van der Waals surface area contributed by atoms with Crippen molar-refractivity contribution < 1.29 is 19.7 Å². The molecule has 200 valence electrons. The van der Waals surface area contributed by atoms with E-state index in [0.29, 0.717) is 12.8 Å². The second-order valence-electron chi connectivity index (χ2n) is 9.90. The molecule has 0 spiro atoms. The minimum Gasteiger partial charge on any atom is -0.454 e. The number of hydrogen-bond acceptors (Lipinski definition) is 5. The highest BCUT2D eigenvalue weighted by Crippen LogP contribution is 2.30. The summed E-state index contributed by atoms with van der Waals surface area (Å²) in [6.45, 7) is 5.86. The van der Waals surface area contributed by atoms with Crippen molar-refractivity contribution in [3.8, 4) is 0 Å². The van der Waals surface area contributed by atoms with E-state index in [-0.39, 0.29) is 6.15 Å². The Morgan fingerprint density at radius 1 is 0.606 bits per heavy atom. The van der Waals surface area contributed by atoms with Crippen LogP contribution in [0, 0.1) is 0 Å². The van der Waals surface area contributed by atoms with Crippen LogP contribution in [0.2, 0.25) is 0 Å². The van der Waals surface area contributed by atoms with Crippen molar-refractivity contribution in [2.75, 3.05) is 0 Å². The van der Waals surface area contributed by atoms with E-state index in [0.717, 1.165) is 25.7 Å². The number of hydrogen-bond donors (Lipinski definition) is 3. The van der Waals surface area contributed by atoms with Crippen LogP contribution in [-0.4, -0.2) is 28.1 Å². The van der Waals surface area contributed by atoms with Gasteiger partial charge >= 0.3 is 5.97 Å². The van der Waals surface area contributed by atoms with Crippen molar-refractivity contribution in [1.82, 2.24) is 6.15 Å². The van der Waals surface area contributed by atoms with Crippen molar-refractivity contribution >= 4 is 5.97 Å². The summed E-state index contributed by atoms with van der Waals surface area (Å²) in [6.07, 6.45) is 24.1. The molecule has 0 rings (SSSR count). The van der Waals surface area contributed by atoms with E-state index in [1.165, 1.54) is 110 Å². The van der Waals surface area contributed by atoms with Gasteiger partial charge in [0.25, 0.3) is 0 Å². The smallest absolute Gasteiger partial charge is 0.303 e. The number of carbonyl (C=O) groups is 1. The molecule has 0 amide bonds. The maximum atomic E-state index is 11.7. The quantitative estimate of drug-likeness (QED) is 0.0742. The molecule has 0 saturated heterocycles. The third-order valence-corrected chi connectivity index (χ3v) is 6.72. The van der Waals surface area contributed by atoms with Crippen LogP contribution >= 0.6 is 0 Å². The van der Waals surface area contributed by atoms with Crippen molar-refractivity contribution in [3.63, 3.8) is 0 Å². The first-order chi connectivity index (χ1) is 15.5.